The highest BCUT2D eigenvalue weighted by atomic mass is 16.5. The highest BCUT2D eigenvalue weighted by Crippen LogP contribution is 2.22. The maximum absolute atomic E-state index is 10.4. The minimum atomic E-state index is -0.490. The predicted molar refractivity (Wildman–Crippen MR) is 94.3 cm³/mol. The van der Waals surface area contributed by atoms with Gasteiger partial charge in [0.25, 0.3) is 5.71 Å². The van der Waals surface area contributed by atoms with E-state index in [1.54, 1.807) is 0 Å². The van der Waals surface area contributed by atoms with Gasteiger partial charge in [0, 0.05) is 26.2 Å². The zero-order valence-electron chi connectivity index (χ0n) is 14.1. The summed E-state index contributed by atoms with van der Waals surface area (Å²) in [5, 5.41) is 18.3. The van der Waals surface area contributed by atoms with Crippen molar-refractivity contribution in [2.75, 3.05) is 25.0 Å². The molecule has 0 saturated carbocycles. The lowest BCUT2D eigenvalue weighted by Gasteiger charge is -2.30. The molecule has 0 saturated heterocycles. The molecule has 0 radical (unpaired) electrons. The number of aliphatic hydroxyl groups is 1. The first-order valence-electron chi connectivity index (χ1n) is 8.49. The number of benzene rings is 1. The quantitative estimate of drug-likeness (QED) is 0.732. The minimum Gasteiger partial charge on any atom is -0.390 e. The molecule has 2 aromatic heterocycles. The number of nitrogens with one attached hydrogen (secondary N) is 1. The molecule has 3 heterocycles. The molecule has 0 bridgehead atoms. The lowest BCUT2D eigenvalue weighted by molar-refractivity contribution is 0.114. The standard InChI is InChI=1S/C18H21N5O2/c1-12-16-17(20-11-21-18(16)25-22-12)19-8-15(24)10-23-7-6-13-4-2-3-5-14(13)9-23/h2-5,11,15,24H,6-10H2,1H3,(H,19,20,21). The summed E-state index contributed by atoms with van der Waals surface area (Å²) >= 11 is 0. The molecule has 7 heteroatoms. The Bertz CT molecular complexity index is 879. The number of hydrogen-bond donors (Lipinski definition) is 2. The van der Waals surface area contributed by atoms with Gasteiger partial charge in [-0.2, -0.15) is 4.98 Å². The summed E-state index contributed by atoms with van der Waals surface area (Å²) in [7, 11) is 0. The fraction of sp³-hybridized carbons (Fsp3) is 0.389. The normalized spacial score (nSPS) is 15.9. The molecule has 0 aliphatic carbocycles. The van der Waals surface area contributed by atoms with Gasteiger partial charge in [0.15, 0.2) is 0 Å². The molecule has 7 nitrogen and oxygen atoms in total. The van der Waals surface area contributed by atoms with Crippen LogP contribution in [-0.2, 0) is 13.0 Å². The van der Waals surface area contributed by atoms with E-state index in [0.29, 0.717) is 24.6 Å². The summed E-state index contributed by atoms with van der Waals surface area (Å²) in [5.74, 6) is 0.645. The molecule has 1 aliphatic rings. The van der Waals surface area contributed by atoms with Crippen molar-refractivity contribution < 1.29 is 9.63 Å². The largest absolute Gasteiger partial charge is 0.390 e. The Balaban J connectivity index is 1.37. The maximum atomic E-state index is 10.4. The molecule has 1 aliphatic heterocycles. The highest BCUT2D eigenvalue weighted by Gasteiger charge is 2.19. The maximum Gasteiger partial charge on any atom is 0.263 e. The van der Waals surface area contributed by atoms with Crippen LogP contribution < -0.4 is 5.32 Å². The molecule has 4 rings (SSSR count). The molecule has 0 amide bonds. The number of rotatable bonds is 5. The van der Waals surface area contributed by atoms with Gasteiger partial charge in [-0.15, -0.1) is 0 Å². The second-order valence-electron chi connectivity index (χ2n) is 6.46. The third-order valence-electron chi connectivity index (χ3n) is 4.63. The Hall–Kier alpha value is -2.51. The van der Waals surface area contributed by atoms with Gasteiger partial charge in [0.05, 0.1) is 11.8 Å². The smallest absolute Gasteiger partial charge is 0.263 e. The molecule has 1 atom stereocenters. The molecular weight excluding hydrogens is 318 g/mol. The van der Waals surface area contributed by atoms with Gasteiger partial charge in [0.2, 0.25) is 0 Å². The van der Waals surface area contributed by atoms with Gasteiger partial charge in [-0.3, -0.25) is 4.90 Å². The van der Waals surface area contributed by atoms with Crippen LogP contribution in [-0.4, -0.2) is 50.9 Å². The molecule has 1 unspecified atom stereocenters. The number of hydrogen-bond acceptors (Lipinski definition) is 7. The molecule has 0 fully saturated rings. The SMILES string of the molecule is Cc1noc2ncnc(NCC(O)CN3CCc4ccccc4C3)c12. The van der Waals surface area contributed by atoms with Crippen molar-refractivity contribution in [2.24, 2.45) is 0 Å². The summed E-state index contributed by atoms with van der Waals surface area (Å²) in [6.07, 6.45) is 1.97. The van der Waals surface area contributed by atoms with E-state index in [2.05, 4.69) is 49.6 Å². The summed E-state index contributed by atoms with van der Waals surface area (Å²) < 4.78 is 5.14. The van der Waals surface area contributed by atoms with Gasteiger partial charge in [-0.05, 0) is 24.5 Å². The van der Waals surface area contributed by atoms with Crippen LogP contribution in [0.3, 0.4) is 0 Å². The second-order valence-corrected chi connectivity index (χ2v) is 6.46. The number of aromatic nitrogens is 3. The average Bonchev–Trinajstić information content (AvgIpc) is 3.02. The van der Waals surface area contributed by atoms with Crippen LogP contribution in [0.5, 0.6) is 0 Å². The minimum absolute atomic E-state index is 0.412. The Morgan fingerprint density at radius 2 is 2.12 bits per heavy atom. The monoisotopic (exact) mass is 339 g/mol. The molecule has 0 spiro atoms. The van der Waals surface area contributed by atoms with Gasteiger partial charge in [0.1, 0.15) is 17.5 Å². The number of β-amino-alcohol motifs (C(OH)–C–C–N with tert-alkyl or cyclic N) is 1. The highest BCUT2D eigenvalue weighted by molar-refractivity contribution is 5.87. The van der Waals surface area contributed by atoms with E-state index in [0.717, 1.165) is 30.6 Å². The van der Waals surface area contributed by atoms with E-state index >= 15 is 0 Å². The van der Waals surface area contributed by atoms with E-state index in [9.17, 15) is 5.11 Å². The Kier molecular flexibility index (Phi) is 4.33. The van der Waals surface area contributed by atoms with E-state index in [4.69, 9.17) is 4.52 Å². The topological polar surface area (TPSA) is 87.3 Å². The average molecular weight is 339 g/mol. The van der Waals surface area contributed by atoms with Crippen LogP contribution in [0.15, 0.2) is 35.1 Å². The Morgan fingerprint density at radius 3 is 3.00 bits per heavy atom. The first-order valence-corrected chi connectivity index (χ1v) is 8.49. The van der Waals surface area contributed by atoms with Crippen LogP contribution in [0.4, 0.5) is 5.82 Å². The van der Waals surface area contributed by atoms with Crippen molar-refractivity contribution in [1.29, 1.82) is 0 Å². The van der Waals surface area contributed by atoms with Gasteiger partial charge in [-0.25, -0.2) is 4.98 Å². The van der Waals surface area contributed by atoms with Crippen LogP contribution in [0, 0.1) is 6.92 Å². The zero-order valence-corrected chi connectivity index (χ0v) is 14.1. The van der Waals surface area contributed by atoms with Crippen molar-refractivity contribution >= 4 is 16.9 Å². The van der Waals surface area contributed by atoms with Gasteiger partial charge in [-0.1, -0.05) is 29.4 Å². The Morgan fingerprint density at radius 1 is 1.28 bits per heavy atom. The van der Waals surface area contributed by atoms with E-state index in [1.165, 1.54) is 17.5 Å². The van der Waals surface area contributed by atoms with Gasteiger partial charge < -0.3 is 14.9 Å². The van der Waals surface area contributed by atoms with Gasteiger partial charge >= 0.3 is 0 Å². The van der Waals surface area contributed by atoms with E-state index in [1.807, 2.05) is 6.92 Å². The van der Waals surface area contributed by atoms with Crippen LogP contribution in [0.1, 0.15) is 16.8 Å². The lowest BCUT2D eigenvalue weighted by Crippen LogP contribution is -2.39. The van der Waals surface area contributed by atoms with E-state index < -0.39 is 6.10 Å². The molecule has 2 N–H and O–H groups in total. The van der Waals surface area contributed by atoms with Crippen LogP contribution in [0.25, 0.3) is 11.1 Å². The molecule has 3 aromatic rings. The summed E-state index contributed by atoms with van der Waals surface area (Å²) in [6.45, 7) is 4.74. The number of aliphatic hydroxyl groups excluding tert-OH is 1. The van der Waals surface area contributed by atoms with Crippen molar-refractivity contribution in [3.05, 3.63) is 47.4 Å². The van der Waals surface area contributed by atoms with Crippen molar-refractivity contribution in [2.45, 2.75) is 26.0 Å². The first-order chi connectivity index (χ1) is 12.2. The van der Waals surface area contributed by atoms with Crippen LogP contribution >= 0.6 is 0 Å². The zero-order chi connectivity index (χ0) is 17.2. The lowest BCUT2D eigenvalue weighted by atomic mass is 10.00. The summed E-state index contributed by atoms with van der Waals surface area (Å²) in [4.78, 5) is 10.6. The fourth-order valence-electron chi connectivity index (χ4n) is 3.34. The van der Waals surface area contributed by atoms with Crippen molar-refractivity contribution in [1.82, 2.24) is 20.0 Å². The predicted octanol–water partition coefficient (Wildman–Crippen LogP) is 1.76. The molecule has 1 aromatic carbocycles. The first kappa shape index (κ1) is 16.0. The molecule has 25 heavy (non-hydrogen) atoms. The summed E-state index contributed by atoms with van der Waals surface area (Å²) in [6, 6.07) is 8.51. The molecule has 130 valence electrons. The fourth-order valence-corrected chi connectivity index (χ4v) is 3.34. The number of nitrogens with zero attached hydrogens (tertiary/aromatic N) is 4. The third-order valence-corrected chi connectivity index (χ3v) is 4.63. The van der Waals surface area contributed by atoms with Crippen molar-refractivity contribution in [3.63, 3.8) is 0 Å². The number of anilines is 1. The summed E-state index contributed by atoms with van der Waals surface area (Å²) in [5.41, 5.74) is 3.96. The van der Waals surface area contributed by atoms with E-state index in [-0.39, 0.29) is 0 Å². The van der Waals surface area contributed by atoms with Crippen LogP contribution in [0.2, 0.25) is 0 Å². The third kappa shape index (κ3) is 3.33. The second kappa shape index (κ2) is 6.78. The Labute approximate surface area is 145 Å². The molecular formula is C18H21N5O2. The van der Waals surface area contributed by atoms with Crippen molar-refractivity contribution in [3.8, 4) is 0 Å². The number of fused-ring (bicyclic) bond motifs is 2. The number of aryl methyl sites for hydroxylation is 1.